The second kappa shape index (κ2) is 7.94. The van der Waals surface area contributed by atoms with Crippen molar-refractivity contribution in [2.24, 2.45) is 0 Å². The number of aromatic nitrogens is 2. The molecular formula is C13H21N3O3S. The van der Waals surface area contributed by atoms with Gasteiger partial charge in [0.25, 0.3) is 5.56 Å². The maximum absolute atomic E-state index is 12.2. The van der Waals surface area contributed by atoms with Gasteiger partial charge in [-0.25, -0.2) is 4.79 Å². The number of amides is 1. The van der Waals surface area contributed by atoms with Crippen molar-refractivity contribution in [3.63, 3.8) is 0 Å². The van der Waals surface area contributed by atoms with Crippen LogP contribution in [0.15, 0.2) is 15.8 Å². The molecule has 20 heavy (non-hydrogen) atoms. The van der Waals surface area contributed by atoms with Crippen molar-refractivity contribution in [2.75, 3.05) is 25.1 Å². The Hall–Kier alpha value is -1.50. The van der Waals surface area contributed by atoms with E-state index in [1.807, 2.05) is 13.2 Å². The molecule has 1 amide bonds. The number of H-pyrrole nitrogens is 1. The van der Waals surface area contributed by atoms with Gasteiger partial charge in [0.15, 0.2) is 0 Å². The van der Waals surface area contributed by atoms with E-state index in [0.29, 0.717) is 18.7 Å². The van der Waals surface area contributed by atoms with Crippen LogP contribution < -0.4 is 11.2 Å². The second-order valence-electron chi connectivity index (χ2n) is 4.57. The lowest BCUT2D eigenvalue weighted by Crippen LogP contribution is -2.40. The summed E-state index contributed by atoms with van der Waals surface area (Å²) in [5.41, 5.74) is -0.537. The van der Waals surface area contributed by atoms with Gasteiger partial charge in [0.05, 0.1) is 0 Å². The molecule has 0 aliphatic carbocycles. The molecule has 0 atom stereocenters. The fourth-order valence-electron chi connectivity index (χ4n) is 1.81. The van der Waals surface area contributed by atoms with E-state index in [4.69, 9.17) is 0 Å². The highest BCUT2D eigenvalue weighted by Crippen LogP contribution is 2.00. The van der Waals surface area contributed by atoms with E-state index in [1.165, 1.54) is 10.8 Å². The molecule has 1 aromatic heterocycles. The first-order valence-corrected chi connectivity index (χ1v) is 7.96. The SMILES string of the molecule is CCCN(CCSC)C(=O)Cn1cc(C)c(=O)[nH]c1=O. The van der Waals surface area contributed by atoms with E-state index in [0.717, 1.165) is 12.2 Å². The second-order valence-corrected chi connectivity index (χ2v) is 5.56. The third kappa shape index (κ3) is 4.56. The number of aryl methyl sites for hydroxylation is 1. The van der Waals surface area contributed by atoms with Crippen molar-refractivity contribution in [1.82, 2.24) is 14.5 Å². The van der Waals surface area contributed by atoms with Crippen LogP contribution in [0.3, 0.4) is 0 Å². The molecule has 0 aliphatic heterocycles. The zero-order chi connectivity index (χ0) is 15.1. The van der Waals surface area contributed by atoms with Crippen molar-refractivity contribution in [1.29, 1.82) is 0 Å². The Morgan fingerprint density at radius 3 is 2.70 bits per heavy atom. The highest BCUT2D eigenvalue weighted by molar-refractivity contribution is 7.98. The van der Waals surface area contributed by atoms with Gasteiger partial charge in [-0.15, -0.1) is 0 Å². The lowest BCUT2D eigenvalue weighted by molar-refractivity contribution is -0.131. The van der Waals surface area contributed by atoms with Crippen molar-refractivity contribution < 1.29 is 4.79 Å². The number of nitrogens with one attached hydrogen (secondary N) is 1. The minimum Gasteiger partial charge on any atom is -0.340 e. The molecule has 0 aromatic carbocycles. The molecule has 6 nitrogen and oxygen atoms in total. The Morgan fingerprint density at radius 1 is 1.40 bits per heavy atom. The average Bonchev–Trinajstić information content (AvgIpc) is 2.40. The minimum atomic E-state index is -0.546. The maximum Gasteiger partial charge on any atom is 0.328 e. The summed E-state index contributed by atoms with van der Waals surface area (Å²) in [6.07, 6.45) is 4.29. The molecule has 0 unspecified atom stereocenters. The van der Waals surface area contributed by atoms with Crippen LogP contribution in [0.5, 0.6) is 0 Å². The van der Waals surface area contributed by atoms with Gasteiger partial charge in [-0.1, -0.05) is 6.92 Å². The Labute approximate surface area is 122 Å². The van der Waals surface area contributed by atoms with E-state index < -0.39 is 11.2 Å². The Kier molecular flexibility index (Phi) is 6.57. The number of thioether (sulfide) groups is 1. The number of aromatic amines is 1. The third-order valence-corrected chi connectivity index (χ3v) is 3.50. The van der Waals surface area contributed by atoms with Crippen molar-refractivity contribution in [3.8, 4) is 0 Å². The molecule has 0 bridgehead atoms. The van der Waals surface area contributed by atoms with Crippen LogP contribution in [0.1, 0.15) is 18.9 Å². The summed E-state index contributed by atoms with van der Waals surface area (Å²) in [6.45, 7) is 4.93. The highest BCUT2D eigenvalue weighted by Gasteiger charge is 2.14. The molecular weight excluding hydrogens is 278 g/mol. The normalized spacial score (nSPS) is 10.6. The van der Waals surface area contributed by atoms with E-state index >= 15 is 0 Å². The van der Waals surface area contributed by atoms with Gasteiger partial charge in [-0.2, -0.15) is 11.8 Å². The summed E-state index contributed by atoms with van der Waals surface area (Å²) in [7, 11) is 0. The molecule has 112 valence electrons. The van der Waals surface area contributed by atoms with Crippen molar-refractivity contribution in [3.05, 3.63) is 32.6 Å². The van der Waals surface area contributed by atoms with Crippen molar-refractivity contribution >= 4 is 17.7 Å². The van der Waals surface area contributed by atoms with Crippen LogP contribution in [0.2, 0.25) is 0 Å². The smallest absolute Gasteiger partial charge is 0.328 e. The van der Waals surface area contributed by atoms with Crippen LogP contribution in [-0.2, 0) is 11.3 Å². The summed E-state index contributed by atoms with van der Waals surface area (Å²) in [5, 5.41) is 0. The Bertz CT molecular complexity index is 565. The van der Waals surface area contributed by atoms with Crippen LogP contribution >= 0.6 is 11.8 Å². The quantitative estimate of drug-likeness (QED) is 0.793. The molecule has 0 aliphatic rings. The molecule has 0 radical (unpaired) electrons. The number of carbonyl (C=O) groups is 1. The van der Waals surface area contributed by atoms with Crippen molar-refractivity contribution in [2.45, 2.75) is 26.8 Å². The Morgan fingerprint density at radius 2 is 2.10 bits per heavy atom. The fourth-order valence-corrected chi connectivity index (χ4v) is 2.22. The monoisotopic (exact) mass is 299 g/mol. The summed E-state index contributed by atoms with van der Waals surface area (Å²) in [6, 6.07) is 0. The molecule has 7 heteroatoms. The molecule has 0 saturated heterocycles. The van der Waals surface area contributed by atoms with Crippen LogP contribution in [-0.4, -0.2) is 45.5 Å². The number of hydrogen-bond donors (Lipinski definition) is 1. The van der Waals surface area contributed by atoms with E-state index in [2.05, 4.69) is 4.98 Å². The minimum absolute atomic E-state index is 0.0369. The van der Waals surface area contributed by atoms with Gasteiger partial charge in [-0.3, -0.25) is 19.1 Å². The maximum atomic E-state index is 12.2. The predicted molar refractivity (Wildman–Crippen MR) is 81.3 cm³/mol. The molecule has 0 fully saturated rings. The third-order valence-electron chi connectivity index (χ3n) is 2.91. The number of rotatable bonds is 7. The van der Waals surface area contributed by atoms with Crippen LogP contribution in [0, 0.1) is 6.92 Å². The van der Waals surface area contributed by atoms with E-state index in [-0.39, 0.29) is 12.5 Å². The molecule has 1 N–H and O–H groups in total. The summed E-state index contributed by atoms with van der Waals surface area (Å²) >= 11 is 1.68. The lowest BCUT2D eigenvalue weighted by atomic mass is 10.3. The first-order valence-electron chi connectivity index (χ1n) is 6.56. The molecule has 1 rings (SSSR count). The average molecular weight is 299 g/mol. The van der Waals surface area contributed by atoms with Gasteiger partial charge in [-0.05, 0) is 19.6 Å². The zero-order valence-corrected chi connectivity index (χ0v) is 13.0. The predicted octanol–water partition coefficient (Wildman–Crippen LogP) is 0.447. The van der Waals surface area contributed by atoms with E-state index in [1.54, 1.807) is 23.6 Å². The molecule has 0 saturated carbocycles. The summed E-state index contributed by atoms with van der Waals surface area (Å²) in [5.74, 6) is 0.764. The molecule has 0 spiro atoms. The first kappa shape index (κ1) is 16.6. The molecule has 1 aromatic rings. The highest BCUT2D eigenvalue weighted by atomic mass is 32.2. The van der Waals surface area contributed by atoms with Crippen LogP contribution in [0.4, 0.5) is 0 Å². The largest absolute Gasteiger partial charge is 0.340 e. The summed E-state index contributed by atoms with van der Waals surface area (Å²) in [4.78, 5) is 39.1. The van der Waals surface area contributed by atoms with Gasteiger partial charge in [0.2, 0.25) is 5.91 Å². The lowest BCUT2D eigenvalue weighted by Gasteiger charge is -2.22. The Balaban J connectivity index is 2.84. The van der Waals surface area contributed by atoms with Gasteiger partial charge < -0.3 is 4.90 Å². The molecule has 1 heterocycles. The van der Waals surface area contributed by atoms with Gasteiger partial charge in [0, 0.05) is 30.6 Å². The van der Waals surface area contributed by atoms with Gasteiger partial charge in [0.1, 0.15) is 6.54 Å². The van der Waals surface area contributed by atoms with Crippen LogP contribution in [0.25, 0.3) is 0 Å². The standard InChI is InChI=1S/C13H21N3O3S/c1-4-5-15(6-7-20-3)11(17)9-16-8-10(2)12(18)14-13(16)19/h8H,4-7,9H2,1-3H3,(H,14,18,19). The summed E-state index contributed by atoms with van der Waals surface area (Å²) < 4.78 is 1.25. The van der Waals surface area contributed by atoms with E-state index in [9.17, 15) is 14.4 Å². The number of carbonyl (C=O) groups excluding carboxylic acids is 1. The first-order chi connectivity index (χ1) is 9.49. The number of hydrogen-bond acceptors (Lipinski definition) is 4. The van der Waals surface area contributed by atoms with Gasteiger partial charge >= 0.3 is 5.69 Å². The number of nitrogens with zero attached hydrogens (tertiary/aromatic N) is 2. The zero-order valence-electron chi connectivity index (χ0n) is 12.1. The topological polar surface area (TPSA) is 75.2 Å². The fraction of sp³-hybridized carbons (Fsp3) is 0.615.